The lowest BCUT2D eigenvalue weighted by molar-refractivity contribution is 0.0693. The molecule has 4 rings (SSSR count). The van der Waals surface area contributed by atoms with Crippen LogP contribution in [0.25, 0.3) is 11.4 Å². The number of carbonyl (C=O) groups excluding carboxylic acids is 2. The van der Waals surface area contributed by atoms with E-state index in [0.29, 0.717) is 47.3 Å². The zero-order valence-electron chi connectivity index (χ0n) is 18.2. The summed E-state index contributed by atoms with van der Waals surface area (Å²) in [5, 5.41) is 4.02. The Bertz CT molecular complexity index is 1140. The van der Waals surface area contributed by atoms with Crippen LogP contribution in [0.3, 0.4) is 0 Å². The van der Waals surface area contributed by atoms with E-state index in [2.05, 4.69) is 15.1 Å². The average molecular weight is 437 g/mol. The molecular formula is C23H24FN5O3. The number of benzene rings is 1. The summed E-state index contributed by atoms with van der Waals surface area (Å²) >= 11 is 0. The SMILES string of the molecule is Cc1nc(C(=O)N(C)C)ccc1C(=O)N1CCCC(c2nc(-c3ccc(F)cc3)no2)C1. The van der Waals surface area contributed by atoms with Crippen molar-refractivity contribution >= 4 is 11.8 Å². The van der Waals surface area contributed by atoms with Gasteiger partial charge in [-0.05, 0) is 56.2 Å². The topological polar surface area (TPSA) is 92.4 Å². The number of amides is 2. The van der Waals surface area contributed by atoms with E-state index in [9.17, 15) is 14.0 Å². The van der Waals surface area contributed by atoms with E-state index in [1.165, 1.54) is 17.0 Å². The van der Waals surface area contributed by atoms with Gasteiger partial charge in [0.15, 0.2) is 0 Å². The second-order valence-electron chi connectivity index (χ2n) is 8.08. The predicted octanol–water partition coefficient (Wildman–Crippen LogP) is 3.30. The predicted molar refractivity (Wildman–Crippen MR) is 115 cm³/mol. The van der Waals surface area contributed by atoms with Crippen LogP contribution in [0.4, 0.5) is 4.39 Å². The summed E-state index contributed by atoms with van der Waals surface area (Å²) in [6.45, 7) is 2.79. The van der Waals surface area contributed by atoms with Gasteiger partial charge in [0.25, 0.3) is 11.8 Å². The number of rotatable bonds is 4. The second-order valence-corrected chi connectivity index (χ2v) is 8.08. The molecule has 3 aromatic rings. The summed E-state index contributed by atoms with van der Waals surface area (Å²) in [6.07, 6.45) is 1.62. The summed E-state index contributed by atoms with van der Waals surface area (Å²) < 4.78 is 18.6. The lowest BCUT2D eigenvalue weighted by atomic mass is 9.97. The van der Waals surface area contributed by atoms with Gasteiger partial charge in [0.05, 0.1) is 17.2 Å². The molecule has 2 amide bonds. The molecule has 0 radical (unpaired) electrons. The summed E-state index contributed by atoms with van der Waals surface area (Å²) in [5.74, 6) is 0.0913. The minimum atomic E-state index is -0.331. The molecule has 166 valence electrons. The van der Waals surface area contributed by atoms with Crippen molar-refractivity contribution in [3.8, 4) is 11.4 Å². The van der Waals surface area contributed by atoms with Crippen molar-refractivity contribution in [2.75, 3.05) is 27.2 Å². The molecule has 1 unspecified atom stereocenters. The van der Waals surface area contributed by atoms with E-state index in [-0.39, 0.29) is 23.5 Å². The minimum Gasteiger partial charge on any atom is -0.343 e. The van der Waals surface area contributed by atoms with Crippen molar-refractivity contribution in [2.45, 2.75) is 25.7 Å². The number of hydrogen-bond donors (Lipinski definition) is 0. The number of carbonyl (C=O) groups is 2. The Kier molecular flexibility index (Phi) is 5.98. The van der Waals surface area contributed by atoms with Crippen molar-refractivity contribution in [3.63, 3.8) is 0 Å². The first kappa shape index (κ1) is 21.6. The van der Waals surface area contributed by atoms with E-state index >= 15 is 0 Å². The lowest BCUT2D eigenvalue weighted by Crippen LogP contribution is -2.39. The monoisotopic (exact) mass is 437 g/mol. The normalized spacial score (nSPS) is 16.1. The number of piperidine rings is 1. The Hall–Kier alpha value is -3.62. The molecule has 0 bridgehead atoms. The van der Waals surface area contributed by atoms with Gasteiger partial charge in [-0.25, -0.2) is 9.37 Å². The van der Waals surface area contributed by atoms with Crippen LogP contribution >= 0.6 is 0 Å². The lowest BCUT2D eigenvalue weighted by Gasteiger charge is -2.31. The molecule has 1 aliphatic rings. The molecule has 0 N–H and O–H groups in total. The number of aryl methyl sites for hydroxylation is 1. The van der Waals surface area contributed by atoms with E-state index in [0.717, 1.165) is 12.8 Å². The molecule has 1 fully saturated rings. The summed E-state index contributed by atoms with van der Waals surface area (Å²) in [4.78, 5) is 37.3. The molecule has 0 aliphatic carbocycles. The van der Waals surface area contributed by atoms with Crippen LogP contribution in [-0.2, 0) is 0 Å². The molecular weight excluding hydrogens is 413 g/mol. The van der Waals surface area contributed by atoms with Crippen LogP contribution in [0.1, 0.15) is 51.2 Å². The van der Waals surface area contributed by atoms with Crippen molar-refractivity contribution in [2.24, 2.45) is 0 Å². The van der Waals surface area contributed by atoms with E-state index in [4.69, 9.17) is 4.52 Å². The van der Waals surface area contributed by atoms with Gasteiger partial charge < -0.3 is 14.3 Å². The van der Waals surface area contributed by atoms with Crippen LogP contribution in [0, 0.1) is 12.7 Å². The molecule has 9 heteroatoms. The Labute approximate surface area is 185 Å². The van der Waals surface area contributed by atoms with Crippen LogP contribution < -0.4 is 0 Å². The van der Waals surface area contributed by atoms with Gasteiger partial charge in [-0.2, -0.15) is 4.98 Å². The van der Waals surface area contributed by atoms with E-state index in [1.54, 1.807) is 50.2 Å². The van der Waals surface area contributed by atoms with Crippen LogP contribution in [0.5, 0.6) is 0 Å². The number of pyridine rings is 1. The molecule has 1 saturated heterocycles. The second kappa shape index (κ2) is 8.86. The van der Waals surface area contributed by atoms with E-state index < -0.39 is 0 Å². The summed E-state index contributed by atoms with van der Waals surface area (Å²) in [7, 11) is 3.32. The maximum absolute atomic E-state index is 13.2. The van der Waals surface area contributed by atoms with Gasteiger partial charge in [0.2, 0.25) is 11.7 Å². The summed E-state index contributed by atoms with van der Waals surface area (Å²) in [6, 6.07) is 9.13. The highest BCUT2D eigenvalue weighted by molar-refractivity contribution is 5.97. The number of halogens is 1. The third-order valence-electron chi connectivity index (χ3n) is 5.54. The molecule has 0 spiro atoms. The van der Waals surface area contributed by atoms with Gasteiger partial charge in [0.1, 0.15) is 11.5 Å². The first-order valence-electron chi connectivity index (χ1n) is 10.4. The van der Waals surface area contributed by atoms with Crippen molar-refractivity contribution < 1.29 is 18.5 Å². The highest BCUT2D eigenvalue weighted by Gasteiger charge is 2.30. The highest BCUT2D eigenvalue weighted by Crippen LogP contribution is 2.28. The van der Waals surface area contributed by atoms with Crippen molar-refractivity contribution in [1.82, 2.24) is 24.9 Å². The fourth-order valence-corrected chi connectivity index (χ4v) is 3.79. The Balaban J connectivity index is 1.49. The van der Waals surface area contributed by atoms with E-state index in [1.807, 2.05) is 0 Å². The fourth-order valence-electron chi connectivity index (χ4n) is 3.79. The van der Waals surface area contributed by atoms with Crippen LogP contribution in [-0.4, -0.2) is 63.9 Å². The Morgan fingerprint density at radius 2 is 1.88 bits per heavy atom. The van der Waals surface area contributed by atoms with Crippen LogP contribution in [0.15, 0.2) is 40.9 Å². The third-order valence-corrected chi connectivity index (χ3v) is 5.54. The number of aromatic nitrogens is 3. The van der Waals surface area contributed by atoms with Crippen molar-refractivity contribution in [3.05, 3.63) is 65.1 Å². The fraction of sp³-hybridized carbons (Fsp3) is 0.348. The largest absolute Gasteiger partial charge is 0.343 e. The number of nitrogens with zero attached hydrogens (tertiary/aromatic N) is 5. The summed E-state index contributed by atoms with van der Waals surface area (Å²) in [5.41, 5.74) is 1.96. The number of likely N-dealkylation sites (tertiary alicyclic amines) is 1. The molecule has 8 nitrogen and oxygen atoms in total. The molecule has 1 aromatic carbocycles. The maximum Gasteiger partial charge on any atom is 0.271 e. The van der Waals surface area contributed by atoms with Crippen molar-refractivity contribution in [1.29, 1.82) is 0 Å². The Morgan fingerprint density at radius 1 is 1.12 bits per heavy atom. The average Bonchev–Trinajstić information content (AvgIpc) is 3.29. The molecule has 1 aliphatic heterocycles. The van der Waals surface area contributed by atoms with Gasteiger partial charge in [0, 0.05) is 32.7 Å². The van der Waals surface area contributed by atoms with Gasteiger partial charge in [-0.1, -0.05) is 5.16 Å². The molecule has 0 saturated carbocycles. The van der Waals surface area contributed by atoms with Gasteiger partial charge >= 0.3 is 0 Å². The third kappa shape index (κ3) is 4.37. The first-order valence-corrected chi connectivity index (χ1v) is 10.4. The molecule has 2 aromatic heterocycles. The zero-order valence-corrected chi connectivity index (χ0v) is 18.2. The van der Waals surface area contributed by atoms with Crippen LogP contribution in [0.2, 0.25) is 0 Å². The number of hydrogen-bond acceptors (Lipinski definition) is 6. The quantitative estimate of drug-likeness (QED) is 0.622. The van der Waals surface area contributed by atoms with Gasteiger partial charge in [-0.3, -0.25) is 9.59 Å². The smallest absolute Gasteiger partial charge is 0.271 e. The first-order chi connectivity index (χ1) is 15.3. The molecule has 32 heavy (non-hydrogen) atoms. The maximum atomic E-state index is 13.2. The zero-order chi connectivity index (χ0) is 22.8. The standard InChI is InChI=1S/C23H24FN5O3/c1-14-18(10-11-19(25-14)23(31)28(2)3)22(30)29-12-4-5-16(13-29)21-26-20(27-32-21)15-6-8-17(24)9-7-15/h6-11,16H,4-5,12-13H2,1-3H3. The Morgan fingerprint density at radius 3 is 2.56 bits per heavy atom. The molecule has 3 heterocycles. The highest BCUT2D eigenvalue weighted by atomic mass is 19.1. The van der Waals surface area contributed by atoms with Gasteiger partial charge in [-0.15, -0.1) is 0 Å². The molecule has 1 atom stereocenters. The minimum absolute atomic E-state index is 0.0859.